The Kier molecular flexibility index (Phi) is 4.22. The number of hydrogen-bond donors (Lipinski definition) is 1. The lowest BCUT2D eigenvalue weighted by Crippen LogP contribution is -2.52. The van der Waals surface area contributed by atoms with Gasteiger partial charge in [-0.3, -0.25) is 4.79 Å². The van der Waals surface area contributed by atoms with Gasteiger partial charge in [0.15, 0.2) is 5.78 Å². The third-order valence-electron chi connectivity index (χ3n) is 3.13. The van der Waals surface area contributed by atoms with Crippen molar-refractivity contribution in [3.05, 3.63) is 28.8 Å². The summed E-state index contributed by atoms with van der Waals surface area (Å²) in [5.74, 6) is 0.660. The van der Waals surface area contributed by atoms with Gasteiger partial charge >= 0.3 is 0 Å². The second-order valence-electron chi connectivity index (χ2n) is 4.48. The molecule has 0 radical (unpaired) electrons. The molecule has 0 saturated carbocycles. The molecule has 18 heavy (non-hydrogen) atoms. The van der Waals surface area contributed by atoms with Crippen LogP contribution in [0.25, 0.3) is 0 Å². The average molecular weight is 269 g/mol. The molecule has 1 unspecified atom stereocenters. The van der Waals surface area contributed by atoms with Gasteiger partial charge in [0.1, 0.15) is 5.75 Å². The predicted molar refractivity (Wildman–Crippen MR) is 71.6 cm³/mol. The van der Waals surface area contributed by atoms with Gasteiger partial charge in [-0.25, -0.2) is 0 Å². The SMILES string of the molecule is COc1ccc(C(=O)C2CN(C)CCN2)cc1Cl. The van der Waals surface area contributed by atoms with E-state index in [1.807, 2.05) is 7.05 Å². The molecule has 1 aliphatic rings. The Balaban J connectivity index is 2.15. The van der Waals surface area contributed by atoms with Crippen LogP contribution < -0.4 is 10.1 Å². The summed E-state index contributed by atoms with van der Waals surface area (Å²) in [5.41, 5.74) is 0.619. The first-order valence-electron chi connectivity index (χ1n) is 5.91. The fraction of sp³-hybridized carbons (Fsp3) is 0.462. The molecular weight excluding hydrogens is 252 g/mol. The van der Waals surface area contributed by atoms with Crippen molar-refractivity contribution in [2.45, 2.75) is 6.04 Å². The molecule has 1 fully saturated rings. The van der Waals surface area contributed by atoms with E-state index < -0.39 is 0 Å². The van der Waals surface area contributed by atoms with Crippen molar-refractivity contribution in [2.24, 2.45) is 0 Å². The smallest absolute Gasteiger partial charge is 0.181 e. The Morgan fingerprint density at radius 1 is 1.56 bits per heavy atom. The summed E-state index contributed by atoms with van der Waals surface area (Å²) in [6.07, 6.45) is 0. The summed E-state index contributed by atoms with van der Waals surface area (Å²) >= 11 is 6.03. The van der Waals surface area contributed by atoms with Crippen molar-refractivity contribution >= 4 is 17.4 Å². The van der Waals surface area contributed by atoms with Gasteiger partial charge in [-0.15, -0.1) is 0 Å². The Morgan fingerprint density at radius 3 is 2.94 bits per heavy atom. The second kappa shape index (κ2) is 5.69. The fourth-order valence-corrected chi connectivity index (χ4v) is 2.35. The number of Topliss-reactive ketones (excluding diaryl/α,β-unsaturated/α-hetero) is 1. The van der Waals surface area contributed by atoms with Crippen LogP contribution in [0, 0.1) is 0 Å². The quantitative estimate of drug-likeness (QED) is 0.843. The van der Waals surface area contributed by atoms with E-state index in [-0.39, 0.29) is 11.8 Å². The standard InChI is InChI=1S/C13H17ClN2O2/c1-16-6-5-15-11(8-16)13(17)9-3-4-12(18-2)10(14)7-9/h3-4,7,11,15H,5-6,8H2,1-2H3. The zero-order valence-corrected chi connectivity index (χ0v) is 11.3. The van der Waals surface area contributed by atoms with Crippen molar-refractivity contribution in [1.82, 2.24) is 10.2 Å². The number of piperazine rings is 1. The molecule has 0 aromatic heterocycles. The minimum absolute atomic E-state index is 0.0751. The summed E-state index contributed by atoms with van der Waals surface area (Å²) < 4.78 is 5.08. The fourth-order valence-electron chi connectivity index (χ4n) is 2.09. The molecule has 1 saturated heterocycles. The summed E-state index contributed by atoms with van der Waals surface area (Å²) in [6.45, 7) is 2.52. The molecule has 0 amide bonds. The van der Waals surface area contributed by atoms with Crippen LogP contribution in [0.5, 0.6) is 5.75 Å². The lowest BCUT2D eigenvalue weighted by molar-refractivity contribution is 0.0894. The molecule has 2 rings (SSSR count). The highest BCUT2D eigenvalue weighted by atomic mass is 35.5. The molecular formula is C13H17ClN2O2. The third-order valence-corrected chi connectivity index (χ3v) is 3.43. The van der Waals surface area contributed by atoms with Crippen LogP contribution >= 0.6 is 11.6 Å². The summed E-state index contributed by atoms with van der Waals surface area (Å²) in [6, 6.07) is 4.98. The first kappa shape index (κ1) is 13.3. The summed E-state index contributed by atoms with van der Waals surface area (Å²) in [5, 5.41) is 3.70. The summed E-state index contributed by atoms with van der Waals surface area (Å²) in [7, 11) is 3.57. The second-order valence-corrected chi connectivity index (χ2v) is 4.89. The number of ether oxygens (including phenoxy) is 1. The van der Waals surface area contributed by atoms with Crippen LogP contribution in [-0.2, 0) is 0 Å². The van der Waals surface area contributed by atoms with Gasteiger partial charge in [-0.2, -0.15) is 0 Å². The van der Waals surface area contributed by atoms with Crippen LogP contribution in [0.3, 0.4) is 0 Å². The molecule has 5 heteroatoms. The van der Waals surface area contributed by atoms with Gasteiger partial charge in [0.2, 0.25) is 0 Å². The van der Waals surface area contributed by atoms with Gasteiger partial charge in [0.25, 0.3) is 0 Å². The minimum atomic E-state index is -0.159. The molecule has 0 spiro atoms. The molecule has 1 aromatic carbocycles. The minimum Gasteiger partial charge on any atom is -0.495 e. The lowest BCUT2D eigenvalue weighted by atomic mass is 10.0. The number of nitrogens with zero attached hydrogens (tertiary/aromatic N) is 1. The highest BCUT2D eigenvalue weighted by Crippen LogP contribution is 2.25. The van der Waals surface area contributed by atoms with E-state index in [9.17, 15) is 4.79 Å². The van der Waals surface area contributed by atoms with E-state index >= 15 is 0 Å². The van der Waals surface area contributed by atoms with Gasteiger partial charge in [0, 0.05) is 25.2 Å². The lowest BCUT2D eigenvalue weighted by Gasteiger charge is -2.29. The van der Waals surface area contributed by atoms with Crippen LogP contribution in [0.1, 0.15) is 10.4 Å². The van der Waals surface area contributed by atoms with Gasteiger partial charge < -0.3 is 15.0 Å². The zero-order chi connectivity index (χ0) is 13.1. The normalized spacial score (nSPS) is 20.7. The molecule has 4 nitrogen and oxygen atoms in total. The van der Waals surface area contributed by atoms with Gasteiger partial charge in [0.05, 0.1) is 18.2 Å². The third kappa shape index (κ3) is 2.83. The van der Waals surface area contributed by atoms with Gasteiger partial charge in [-0.1, -0.05) is 11.6 Å². The molecule has 1 N–H and O–H groups in total. The molecule has 1 heterocycles. The van der Waals surface area contributed by atoms with E-state index in [4.69, 9.17) is 16.3 Å². The van der Waals surface area contributed by atoms with Crippen LogP contribution in [0.4, 0.5) is 0 Å². The molecule has 1 aliphatic heterocycles. The van der Waals surface area contributed by atoms with Crippen molar-refractivity contribution in [3.63, 3.8) is 0 Å². The van der Waals surface area contributed by atoms with Gasteiger partial charge in [-0.05, 0) is 25.2 Å². The molecule has 0 aliphatic carbocycles. The van der Waals surface area contributed by atoms with Crippen molar-refractivity contribution in [1.29, 1.82) is 0 Å². The largest absolute Gasteiger partial charge is 0.495 e. The monoisotopic (exact) mass is 268 g/mol. The number of likely N-dealkylation sites (N-methyl/N-ethyl adjacent to an activating group) is 1. The first-order chi connectivity index (χ1) is 8.61. The number of halogens is 1. The Bertz CT molecular complexity index is 451. The average Bonchev–Trinajstić information content (AvgIpc) is 2.37. The van der Waals surface area contributed by atoms with E-state index in [1.165, 1.54) is 0 Å². The molecule has 1 atom stereocenters. The maximum atomic E-state index is 12.3. The molecule has 1 aromatic rings. The zero-order valence-electron chi connectivity index (χ0n) is 10.6. The number of ketones is 1. The number of hydrogen-bond acceptors (Lipinski definition) is 4. The van der Waals surface area contributed by atoms with E-state index in [1.54, 1.807) is 25.3 Å². The number of carbonyl (C=O) groups is 1. The topological polar surface area (TPSA) is 41.6 Å². The maximum Gasteiger partial charge on any atom is 0.181 e. The van der Waals surface area contributed by atoms with Crippen molar-refractivity contribution in [2.75, 3.05) is 33.8 Å². The van der Waals surface area contributed by atoms with Crippen LogP contribution in [0.2, 0.25) is 5.02 Å². The van der Waals surface area contributed by atoms with Crippen LogP contribution in [0.15, 0.2) is 18.2 Å². The summed E-state index contributed by atoms with van der Waals surface area (Å²) in [4.78, 5) is 14.5. The van der Waals surface area contributed by atoms with E-state index in [0.717, 1.165) is 19.6 Å². The van der Waals surface area contributed by atoms with Crippen LogP contribution in [-0.4, -0.2) is 50.5 Å². The molecule has 0 bridgehead atoms. The highest BCUT2D eigenvalue weighted by Gasteiger charge is 2.24. The number of rotatable bonds is 3. The number of methoxy groups -OCH3 is 1. The van der Waals surface area contributed by atoms with Crippen molar-refractivity contribution < 1.29 is 9.53 Å². The Morgan fingerprint density at radius 2 is 2.33 bits per heavy atom. The van der Waals surface area contributed by atoms with E-state index in [2.05, 4.69) is 10.2 Å². The molecule has 98 valence electrons. The predicted octanol–water partition coefficient (Wildman–Crippen LogP) is 1.43. The maximum absolute atomic E-state index is 12.3. The number of nitrogens with one attached hydrogen (secondary N) is 1. The van der Waals surface area contributed by atoms with Crippen molar-refractivity contribution in [3.8, 4) is 5.75 Å². The first-order valence-corrected chi connectivity index (χ1v) is 6.29. The Hall–Kier alpha value is -1.10. The highest BCUT2D eigenvalue weighted by molar-refractivity contribution is 6.32. The number of benzene rings is 1. The van der Waals surface area contributed by atoms with E-state index in [0.29, 0.717) is 16.3 Å². The number of carbonyl (C=O) groups excluding carboxylic acids is 1. The Labute approximate surface area is 112 Å².